The number of nitrogens with zero attached hydrogens (tertiary/aromatic N) is 1. The Bertz CT molecular complexity index is 366. The van der Waals surface area contributed by atoms with Gasteiger partial charge in [0.25, 0.3) is 0 Å². The first-order valence-electron chi connectivity index (χ1n) is 7.18. The fraction of sp³-hybridized carbons (Fsp3) is 0.588. The highest BCUT2D eigenvalue weighted by Crippen LogP contribution is 2.15. The van der Waals surface area contributed by atoms with E-state index in [0.717, 1.165) is 0 Å². The number of rotatable bonds is 0. The molecule has 2 heteroatoms. The average molecular weight is 261 g/mol. The first-order chi connectivity index (χ1) is 8.86. The lowest BCUT2D eigenvalue weighted by molar-refractivity contribution is -0.533. The monoisotopic (exact) mass is 261 g/mol. The second-order valence-corrected chi connectivity index (χ2v) is 5.13. The smallest absolute Gasteiger partial charge is 0.152 e. The van der Waals surface area contributed by atoms with Crippen LogP contribution < -0.4 is 5.11 Å². The normalized spacial score (nSPS) is 18.3. The van der Waals surface area contributed by atoms with E-state index in [1.165, 1.54) is 70.2 Å². The van der Waals surface area contributed by atoms with Crippen molar-refractivity contribution < 1.29 is 9.68 Å². The van der Waals surface area contributed by atoms with Crippen LogP contribution in [-0.4, -0.2) is 23.4 Å². The Hall–Kier alpha value is -1.31. The Morgan fingerprint density at radius 3 is 1.95 bits per heavy atom. The molecule has 0 aliphatic carbocycles. The van der Waals surface area contributed by atoms with Gasteiger partial charge in [-0.1, -0.05) is 37.8 Å². The lowest BCUT2D eigenvalue weighted by atomic mass is 10.0. The summed E-state index contributed by atoms with van der Waals surface area (Å²) in [5.41, 5.74) is 1.77. The molecule has 0 N–H and O–H groups in total. The average Bonchev–Trinajstić information content (AvgIpc) is 2.65. The highest BCUT2D eigenvalue weighted by Gasteiger charge is 2.20. The van der Waals surface area contributed by atoms with Crippen LogP contribution in [-0.2, 0) is 0 Å². The predicted molar refractivity (Wildman–Crippen MR) is 79.9 cm³/mol. The second-order valence-electron chi connectivity index (χ2n) is 5.13. The number of hydrogen-bond acceptors (Lipinski definition) is 1. The van der Waals surface area contributed by atoms with Crippen LogP contribution in [0.15, 0.2) is 30.3 Å². The summed E-state index contributed by atoms with van der Waals surface area (Å²) in [7, 11) is 0. The van der Waals surface area contributed by atoms with Gasteiger partial charge in [-0.15, -0.1) is 5.75 Å². The van der Waals surface area contributed by atoms with Gasteiger partial charge < -0.3 is 5.11 Å². The van der Waals surface area contributed by atoms with E-state index in [1.54, 1.807) is 17.8 Å². The third kappa shape index (κ3) is 5.46. The molecule has 1 aromatic carbocycles. The minimum Gasteiger partial charge on any atom is -0.872 e. The molecule has 0 saturated carbocycles. The maximum absolute atomic E-state index is 10.3. The molecule has 0 fully saturated rings. The van der Waals surface area contributed by atoms with Gasteiger partial charge in [-0.25, -0.2) is 4.58 Å². The minimum absolute atomic E-state index is 0. The van der Waals surface area contributed by atoms with Crippen LogP contribution in [0, 0.1) is 0 Å². The van der Waals surface area contributed by atoms with Crippen molar-refractivity contribution in [3.63, 3.8) is 0 Å². The van der Waals surface area contributed by atoms with Crippen LogP contribution in [0.5, 0.6) is 5.75 Å². The molecule has 2 heterocycles. The fourth-order valence-corrected chi connectivity index (χ4v) is 2.73. The Kier molecular flexibility index (Phi) is 7.24. The van der Waals surface area contributed by atoms with Crippen LogP contribution in [0.1, 0.15) is 52.4 Å². The lowest BCUT2D eigenvalue weighted by Crippen LogP contribution is -2.26. The Morgan fingerprint density at radius 1 is 0.789 bits per heavy atom. The lowest BCUT2D eigenvalue weighted by Gasteiger charge is -2.12. The summed E-state index contributed by atoms with van der Waals surface area (Å²) in [5, 5.41) is 10.3. The molecule has 0 saturated heterocycles. The molecule has 2 aliphatic heterocycles. The zero-order valence-corrected chi connectivity index (χ0v) is 11.1. The molecule has 0 spiro atoms. The fourth-order valence-electron chi connectivity index (χ4n) is 2.73. The van der Waals surface area contributed by atoms with E-state index in [0.29, 0.717) is 0 Å². The van der Waals surface area contributed by atoms with Crippen LogP contribution >= 0.6 is 0 Å². The van der Waals surface area contributed by atoms with Gasteiger partial charge in [0.1, 0.15) is 13.1 Å². The van der Waals surface area contributed by atoms with Crippen molar-refractivity contribution in [1.82, 2.24) is 0 Å². The largest absolute Gasteiger partial charge is 0.872 e. The molecule has 106 valence electrons. The van der Waals surface area contributed by atoms with Gasteiger partial charge in [-0.05, 0) is 19.3 Å². The minimum atomic E-state index is 0. The molecule has 1 aromatic rings. The summed E-state index contributed by atoms with van der Waals surface area (Å²) in [4.78, 5) is 0. The van der Waals surface area contributed by atoms with Gasteiger partial charge in [0.2, 0.25) is 0 Å². The van der Waals surface area contributed by atoms with Gasteiger partial charge >= 0.3 is 0 Å². The van der Waals surface area contributed by atoms with Crippen molar-refractivity contribution in [1.29, 1.82) is 0 Å². The Labute approximate surface area is 117 Å². The zero-order chi connectivity index (χ0) is 12.6. The third-order valence-electron chi connectivity index (χ3n) is 3.73. The van der Waals surface area contributed by atoms with Crippen LogP contribution in [0.3, 0.4) is 0 Å². The molecular weight excluding hydrogens is 234 g/mol. The van der Waals surface area contributed by atoms with Gasteiger partial charge in [-0.2, -0.15) is 0 Å². The molecule has 0 bridgehead atoms. The van der Waals surface area contributed by atoms with Crippen molar-refractivity contribution in [3.05, 3.63) is 30.3 Å². The predicted octanol–water partition coefficient (Wildman–Crippen LogP) is 3.59. The van der Waals surface area contributed by atoms with Gasteiger partial charge in [-0.3, -0.25) is 0 Å². The molecular formula is C17H27NO. The van der Waals surface area contributed by atoms with Gasteiger partial charge in [0.15, 0.2) is 5.71 Å². The highest BCUT2D eigenvalue weighted by molar-refractivity contribution is 5.80. The van der Waals surface area contributed by atoms with Crippen LogP contribution in [0.25, 0.3) is 0 Å². The summed E-state index contributed by atoms with van der Waals surface area (Å²) in [5.74, 6) is 0.0718. The van der Waals surface area contributed by atoms with Crippen molar-refractivity contribution >= 4 is 5.71 Å². The third-order valence-corrected chi connectivity index (χ3v) is 3.73. The maximum atomic E-state index is 10.3. The van der Waals surface area contributed by atoms with Crippen molar-refractivity contribution in [2.45, 2.75) is 52.4 Å². The summed E-state index contributed by atoms with van der Waals surface area (Å²) in [6.07, 6.45) is 10.0. The highest BCUT2D eigenvalue weighted by atomic mass is 16.3. The Morgan fingerprint density at radius 2 is 1.37 bits per heavy atom. The first-order valence-corrected chi connectivity index (χ1v) is 7.18. The van der Waals surface area contributed by atoms with Crippen LogP contribution in [0.2, 0.25) is 0 Å². The van der Waals surface area contributed by atoms with E-state index in [-0.39, 0.29) is 13.2 Å². The quantitative estimate of drug-likeness (QED) is 0.655. The summed E-state index contributed by atoms with van der Waals surface area (Å²) >= 11 is 0. The number of para-hydroxylation sites is 1. The Balaban J connectivity index is 0.000000198. The SMILES string of the molecule is C.C1CCC2=[N+](CC1)CCCC2.[O-]c1ccccc1. The van der Waals surface area contributed by atoms with Gasteiger partial charge in [0.05, 0.1) is 0 Å². The molecule has 2 nitrogen and oxygen atoms in total. The van der Waals surface area contributed by atoms with E-state index < -0.39 is 0 Å². The molecule has 0 atom stereocenters. The van der Waals surface area contributed by atoms with E-state index in [4.69, 9.17) is 0 Å². The molecule has 0 unspecified atom stereocenters. The molecule has 0 aromatic heterocycles. The van der Waals surface area contributed by atoms with Crippen molar-refractivity contribution in [2.75, 3.05) is 13.1 Å². The topological polar surface area (TPSA) is 26.1 Å². The van der Waals surface area contributed by atoms with Crippen molar-refractivity contribution in [3.8, 4) is 5.75 Å². The molecule has 19 heavy (non-hydrogen) atoms. The van der Waals surface area contributed by atoms with E-state index in [9.17, 15) is 5.11 Å². The van der Waals surface area contributed by atoms with E-state index in [2.05, 4.69) is 4.58 Å². The van der Waals surface area contributed by atoms with Crippen LogP contribution in [0.4, 0.5) is 0 Å². The molecule has 2 aliphatic rings. The number of hydrogen-bond donors (Lipinski definition) is 0. The molecule has 0 radical (unpaired) electrons. The summed E-state index contributed by atoms with van der Waals surface area (Å²) in [6, 6.07) is 8.33. The standard InChI is InChI=1S/C10H18N.C6H6O.CH4/c1-2-6-10-7-3-5-9-11(10)8-4-1;7-6-4-2-1-3-5-6;/h1-9H2;1-5,7H;1H4/q+1;;/p-1. The molecule has 3 rings (SSSR count). The van der Waals surface area contributed by atoms with Crippen molar-refractivity contribution in [2.24, 2.45) is 0 Å². The number of benzene rings is 1. The molecule has 0 amide bonds. The zero-order valence-electron chi connectivity index (χ0n) is 11.1. The summed E-state index contributed by atoms with van der Waals surface area (Å²) in [6.45, 7) is 2.71. The first kappa shape index (κ1) is 15.7. The van der Waals surface area contributed by atoms with E-state index in [1.807, 2.05) is 6.07 Å². The summed E-state index contributed by atoms with van der Waals surface area (Å²) < 4.78 is 2.65. The maximum Gasteiger partial charge on any atom is 0.152 e. The van der Waals surface area contributed by atoms with E-state index >= 15 is 0 Å². The van der Waals surface area contributed by atoms with Gasteiger partial charge in [0, 0.05) is 25.7 Å². The second kappa shape index (κ2) is 8.73.